The van der Waals surface area contributed by atoms with Gasteiger partial charge in [-0.05, 0) is 18.9 Å². The van der Waals surface area contributed by atoms with Crippen LogP contribution in [0.2, 0.25) is 0 Å². The quantitative estimate of drug-likeness (QED) is 0.741. The number of nitrogens with one attached hydrogen (secondary N) is 1. The van der Waals surface area contributed by atoms with Gasteiger partial charge in [-0.25, -0.2) is 5.10 Å². The summed E-state index contributed by atoms with van der Waals surface area (Å²) < 4.78 is 0. The smallest absolute Gasteiger partial charge is 0.308 e. The number of rotatable bonds is 2. The lowest BCUT2D eigenvalue weighted by Crippen LogP contribution is -2.39. The topological polar surface area (TPSA) is 86.3 Å². The molecule has 1 saturated heterocycles. The maximum Gasteiger partial charge on any atom is 0.308 e. The van der Waals surface area contributed by atoms with Gasteiger partial charge in [0.1, 0.15) is 5.82 Å². The van der Waals surface area contributed by atoms with E-state index in [2.05, 4.69) is 10.2 Å². The first-order valence-corrected chi connectivity index (χ1v) is 5.20. The third-order valence-corrected chi connectivity index (χ3v) is 2.76. The largest absolute Gasteiger partial charge is 0.481 e. The summed E-state index contributed by atoms with van der Waals surface area (Å²) >= 11 is 0. The van der Waals surface area contributed by atoms with E-state index in [4.69, 9.17) is 5.11 Å². The molecule has 2 heterocycles. The molecule has 1 aliphatic heterocycles. The van der Waals surface area contributed by atoms with Crippen molar-refractivity contribution in [3.63, 3.8) is 0 Å². The van der Waals surface area contributed by atoms with Gasteiger partial charge in [0.2, 0.25) is 0 Å². The van der Waals surface area contributed by atoms with Crippen molar-refractivity contribution in [1.29, 1.82) is 0 Å². The normalized spacial score (nSPS) is 20.8. The van der Waals surface area contributed by atoms with E-state index in [-0.39, 0.29) is 11.5 Å². The number of aromatic amines is 1. The average molecular weight is 223 g/mol. The lowest BCUT2D eigenvalue weighted by atomic mass is 9.98. The number of carboxylic acids is 1. The molecule has 2 N–H and O–H groups in total. The Morgan fingerprint density at radius 3 is 3.00 bits per heavy atom. The number of aromatic nitrogens is 2. The Morgan fingerprint density at radius 2 is 2.38 bits per heavy atom. The third-order valence-electron chi connectivity index (χ3n) is 2.76. The Balaban J connectivity index is 2.12. The number of carbonyl (C=O) groups is 1. The second-order valence-electron chi connectivity index (χ2n) is 3.90. The molecule has 1 aromatic rings. The summed E-state index contributed by atoms with van der Waals surface area (Å²) in [6, 6.07) is 3.01. The van der Waals surface area contributed by atoms with Gasteiger partial charge in [0.25, 0.3) is 5.56 Å². The Hall–Kier alpha value is -1.85. The van der Waals surface area contributed by atoms with Crippen LogP contribution in [0.4, 0.5) is 5.82 Å². The molecule has 2 rings (SSSR count). The van der Waals surface area contributed by atoms with Gasteiger partial charge in [0.15, 0.2) is 0 Å². The van der Waals surface area contributed by atoms with Crippen LogP contribution in [0.5, 0.6) is 0 Å². The predicted molar refractivity (Wildman–Crippen MR) is 57.4 cm³/mol. The van der Waals surface area contributed by atoms with Crippen LogP contribution < -0.4 is 10.5 Å². The van der Waals surface area contributed by atoms with Gasteiger partial charge in [-0.1, -0.05) is 0 Å². The molecule has 16 heavy (non-hydrogen) atoms. The summed E-state index contributed by atoms with van der Waals surface area (Å²) in [6.45, 7) is 1.23. The molecule has 1 atom stereocenters. The highest BCUT2D eigenvalue weighted by molar-refractivity contribution is 5.71. The zero-order chi connectivity index (χ0) is 11.5. The van der Waals surface area contributed by atoms with Gasteiger partial charge in [-0.3, -0.25) is 9.59 Å². The highest BCUT2D eigenvalue weighted by Gasteiger charge is 2.25. The summed E-state index contributed by atoms with van der Waals surface area (Å²) in [5.41, 5.74) is -0.254. The maximum absolute atomic E-state index is 10.9. The van der Waals surface area contributed by atoms with E-state index in [0.717, 1.165) is 13.0 Å². The summed E-state index contributed by atoms with van der Waals surface area (Å²) in [5, 5.41) is 15.2. The predicted octanol–water partition coefficient (Wildman–Crippen LogP) is 0.0709. The number of H-pyrrole nitrogens is 1. The van der Waals surface area contributed by atoms with Gasteiger partial charge in [-0.2, -0.15) is 5.10 Å². The van der Waals surface area contributed by atoms with Gasteiger partial charge in [0.05, 0.1) is 5.92 Å². The second kappa shape index (κ2) is 4.34. The highest BCUT2D eigenvalue weighted by Crippen LogP contribution is 2.20. The van der Waals surface area contributed by atoms with Crippen LogP contribution in [-0.4, -0.2) is 34.4 Å². The number of hydrogen-bond acceptors (Lipinski definition) is 4. The molecule has 0 aliphatic carbocycles. The number of anilines is 1. The minimum atomic E-state index is -0.769. The fraction of sp³-hybridized carbons (Fsp3) is 0.500. The summed E-state index contributed by atoms with van der Waals surface area (Å²) in [7, 11) is 0. The Morgan fingerprint density at radius 1 is 1.56 bits per heavy atom. The van der Waals surface area contributed by atoms with Gasteiger partial charge >= 0.3 is 5.97 Å². The van der Waals surface area contributed by atoms with E-state index in [1.165, 1.54) is 6.07 Å². The molecule has 1 aliphatic rings. The molecule has 0 saturated carbocycles. The average Bonchev–Trinajstić information content (AvgIpc) is 2.30. The van der Waals surface area contributed by atoms with Crippen molar-refractivity contribution in [3.05, 3.63) is 22.5 Å². The number of carboxylic acid groups (broad SMARTS) is 1. The molecule has 0 bridgehead atoms. The molecular formula is C10H13N3O3. The number of nitrogens with zero attached hydrogens (tertiary/aromatic N) is 2. The van der Waals surface area contributed by atoms with Crippen molar-refractivity contribution in [1.82, 2.24) is 10.2 Å². The Kier molecular flexibility index (Phi) is 2.89. The second-order valence-corrected chi connectivity index (χ2v) is 3.90. The standard InChI is InChI=1S/C10H13N3O3/c14-9-4-3-8(11-12-9)13-5-1-2-7(6-13)10(15)16/h3-4,7H,1-2,5-6H2,(H,12,14)(H,15,16)/t7-/m1/s1. The van der Waals surface area contributed by atoms with Gasteiger partial charge in [-0.15, -0.1) is 0 Å². The number of piperidine rings is 1. The molecule has 6 heteroatoms. The molecule has 0 spiro atoms. The van der Waals surface area contributed by atoms with E-state index in [1.54, 1.807) is 6.07 Å². The molecule has 0 aromatic carbocycles. The van der Waals surface area contributed by atoms with Crippen LogP contribution in [0.25, 0.3) is 0 Å². The van der Waals surface area contributed by atoms with E-state index < -0.39 is 5.97 Å². The lowest BCUT2D eigenvalue weighted by Gasteiger charge is -2.31. The van der Waals surface area contributed by atoms with Crippen molar-refractivity contribution < 1.29 is 9.90 Å². The van der Waals surface area contributed by atoms with Crippen LogP contribution in [-0.2, 0) is 4.79 Å². The molecule has 1 fully saturated rings. The van der Waals surface area contributed by atoms with Crippen LogP contribution >= 0.6 is 0 Å². The molecule has 0 radical (unpaired) electrons. The summed E-state index contributed by atoms with van der Waals surface area (Å²) in [4.78, 5) is 23.6. The first-order valence-electron chi connectivity index (χ1n) is 5.20. The molecule has 0 amide bonds. The van der Waals surface area contributed by atoms with E-state index >= 15 is 0 Å². The van der Waals surface area contributed by atoms with Crippen molar-refractivity contribution in [2.24, 2.45) is 5.92 Å². The molecule has 1 aromatic heterocycles. The van der Waals surface area contributed by atoms with Crippen LogP contribution in [0, 0.1) is 5.92 Å². The fourth-order valence-corrected chi connectivity index (χ4v) is 1.90. The van der Waals surface area contributed by atoms with E-state index in [1.807, 2.05) is 4.90 Å². The summed E-state index contributed by atoms with van der Waals surface area (Å²) in [6.07, 6.45) is 1.53. The maximum atomic E-state index is 10.9. The first kappa shape index (κ1) is 10.7. The summed E-state index contributed by atoms with van der Waals surface area (Å²) in [5.74, 6) is -0.484. The van der Waals surface area contributed by atoms with E-state index in [9.17, 15) is 9.59 Å². The Bertz CT molecular complexity index is 423. The molecule has 86 valence electrons. The zero-order valence-electron chi connectivity index (χ0n) is 8.72. The lowest BCUT2D eigenvalue weighted by molar-refractivity contribution is -0.141. The zero-order valence-corrected chi connectivity index (χ0v) is 8.72. The molecule has 0 unspecified atom stereocenters. The first-order chi connectivity index (χ1) is 7.66. The Labute approximate surface area is 91.9 Å². The van der Waals surface area contributed by atoms with Crippen molar-refractivity contribution in [2.45, 2.75) is 12.8 Å². The minimum absolute atomic E-state index is 0.254. The number of hydrogen-bond donors (Lipinski definition) is 2. The van der Waals surface area contributed by atoms with Crippen molar-refractivity contribution in [2.75, 3.05) is 18.0 Å². The van der Waals surface area contributed by atoms with Crippen molar-refractivity contribution in [3.8, 4) is 0 Å². The molecular weight excluding hydrogens is 210 g/mol. The van der Waals surface area contributed by atoms with Crippen LogP contribution in [0.3, 0.4) is 0 Å². The monoisotopic (exact) mass is 223 g/mol. The molecule has 6 nitrogen and oxygen atoms in total. The van der Waals surface area contributed by atoms with Gasteiger partial charge in [0, 0.05) is 19.2 Å². The SMILES string of the molecule is O=C(O)[C@@H]1CCCN(c2ccc(=O)[nH]n2)C1. The number of aliphatic carboxylic acids is 1. The van der Waals surface area contributed by atoms with E-state index in [0.29, 0.717) is 18.8 Å². The fourth-order valence-electron chi connectivity index (χ4n) is 1.90. The highest BCUT2D eigenvalue weighted by atomic mass is 16.4. The minimum Gasteiger partial charge on any atom is -0.481 e. The van der Waals surface area contributed by atoms with Crippen LogP contribution in [0.15, 0.2) is 16.9 Å². The van der Waals surface area contributed by atoms with Crippen molar-refractivity contribution >= 4 is 11.8 Å². The van der Waals surface area contributed by atoms with Crippen LogP contribution in [0.1, 0.15) is 12.8 Å². The van der Waals surface area contributed by atoms with Gasteiger partial charge < -0.3 is 10.0 Å². The third kappa shape index (κ3) is 2.21.